The number of aryl methyl sites for hydroxylation is 1. The van der Waals surface area contributed by atoms with Gasteiger partial charge in [0.15, 0.2) is 0 Å². The second-order valence-corrected chi connectivity index (χ2v) is 7.73. The Morgan fingerprint density at radius 3 is 2.56 bits per heavy atom. The Balaban J connectivity index is 1.60. The second-order valence-electron chi connectivity index (χ2n) is 7.73. The van der Waals surface area contributed by atoms with E-state index in [-0.39, 0.29) is 18.2 Å². The number of carbonyl (C=O) groups excluding carboxylic acids is 1. The number of hydrogen-bond acceptors (Lipinski definition) is 6. The maximum absolute atomic E-state index is 13.5. The molecule has 4 rings (SSSR count). The van der Waals surface area contributed by atoms with Crippen molar-refractivity contribution in [3.63, 3.8) is 0 Å². The first-order chi connectivity index (χ1) is 16.3. The van der Waals surface area contributed by atoms with Gasteiger partial charge in [0, 0.05) is 16.9 Å². The van der Waals surface area contributed by atoms with Gasteiger partial charge in [-0.15, -0.1) is 10.2 Å². The van der Waals surface area contributed by atoms with Crippen molar-refractivity contribution in [1.82, 2.24) is 24.8 Å². The smallest absolute Gasteiger partial charge is 0.249 e. The predicted molar refractivity (Wildman–Crippen MR) is 123 cm³/mol. The summed E-state index contributed by atoms with van der Waals surface area (Å²) in [6.45, 7) is 5.14. The zero-order chi connectivity index (χ0) is 24.4. The van der Waals surface area contributed by atoms with Gasteiger partial charge in [0.2, 0.25) is 11.7 Å². The third kappa shape index (κ3) is 4.23. The summed E-state index contributed by atoms with van der Waals surface area (Å²) in [4.78, 5) is 14.0. The molecule has 0 aliphatic heterocycles. The number of ether oxygens (including phenoxy) is 1. The molecule has 0 aliphatic carbocycles. The van der Waals surface area contributed by atoms with Gasteiger partial charge < -0.3 is 10.1 Å². The van der Waals surface area contributed by atoms with E-state index in [4.69, 9.17) is 4.74 Å². The lowest BCUT2D eigenvalue weighted by Gasteiger charge is -2.13. The lowest BCUT2D eigenvalue weighted by Crippen LogP contribution is -2.22. The third-order valence-electron chi connectivity index (χ3n) is 5.57. The van der Waals surface area contributed by atoms with Crippen LogP contribution in [0.15, 0.2) is 42.5 Å². The molecule has 0 spiro atoms. The molecule has 0 bridgehead atoms. The van der Waals surface area contributed by atoms with E-state index in [1.807, 2.05) is 30.5 Å². The molecule has 2 aromatic carbocycles. The number of nitrogens with zero attached hydrogens (tertiary/aromatic N) is 6. The van der Waals surface area contributed by atoms with Crippen LogP contribution in [0, 0.1) is 37.9 Å². The number of carbonyl (C=O) groups is 1. The summed E-state index contributed by atoms with van der Waals surface area (Å²) in [5.74, 6) is 0.585. The molecule has 2 aromatic heterocycles. The van der Waals surface area contributed by atoms with Gasteiger partial charge in [-0.2, -0.15) is 10.1 Å². The first-order valence-electron chi connectivity index (χ1n) is 10.4. The Bertz CT molecular complexity index is 1410. The third-order valence-corrected chi connectivity index (χ3v) is 5.57. The van der Waals surface area contributed by atoms with Crippen LogP contribution < -0.4 is 10.1 Å². The maximum Gasteiger partial charge on any atom is 0.249 e. The summed E-state index contributed by atoms with van der Waals surface area (Å²) in [7, 11) is 1.58. The van der Waals surface area contributed by atoms with Crippen molar-refractivity contribution in [2.24, 2.45) is 0 Å². The number of nitriles is 1. The number of nitrogens with one attached hydrogen (secondary N) is 1. The molecule has 0 unspecified atom stereocenters. The van der Waals surface area contributed by atoms with Crippen LogP contribution in [-0.4, -0.2) is 37.8 Å². The molecule has 4 aromatic rings. The van der Waals surface area contributed by atoms with E-state index < -0.39 is 5.91 Å². The number of tetrazole rings is 1. The summed E-state index contributed by atoms with van der Waals surface area (Å²) < 4.78 is 20.6. The molecule has 0 radical (unpaired) electrons. The van der Waals surface area contributed by atoms with Crippen LogP contribution in [0.25, 0.3) is 17.1 Å². The Labute approximate surface area is 195 Å². The molecule has 0 fully saturated rings. The first-order valence-corrected chi connectivity index (χ1v) is 10.4. The van der Waals surface area contributed by atoms with Crippen LogP contribution in [0.2, 0.25) is 0 Å². The fraction of sp³-hybridized carbons (Fsp3) is 0.208. The highest BCUT2D eigenvalue weighted by atomic mass is 19.1. The van der Waals surface area contributed by atoms with Crippen molar-refractivity contribution >= 4 is 11.7 Å². The summed E-state index contributed by atoms with van der Waals surface area (Å²) in [6, 6.07) is 14.0. The molecule has 9 nitrogen and oxygen atoms in total. The van der Waals surface area contributed by atoms with E-state index in [0.29, 0.717) is 28.3 Å². The lowest BCUT2D eigenvalue weighted by molar-refractivity contribution is -0.117. The molecule has 34 heavy (non-hydrogen) atoms. The number of methoxy groups -OCH3 is 1. The van der Waals surface area contributed by atoms with Crippen LogP contribution >= 0.6 is 0 Å². The zero-order valence-corrected chi connectivity index (χ0v) is 19.1. The maximum atomic E-state index is 13.5. The Morgan fingerprint density at radius 1 is 1.18 bits per heavy atom. The topological polar surface area (TPSA) is 111 Å². The van der Waals surface area contributed by atoms with E-state index in [1.54, 1.807) is 38.3 Å². The fourth-order valence-corrected chi connectivity index (χ4v) is 3.62. The highest BCUT2D eigenvalue weighted by Gasteiger charge is 2.21. The number of hydrogen-bond donors (Lipinski definition) is 1. The minimum Gasteiger partial charge on any atom is -0.497 e. The molecule has 1 amide bonds. The van der Waals surface area contributed by atoms with Crippen LogP contribution in [0.3, 0.4) is 0 Å². The SMILES string of the molecule is COc1ccc(-n2c(C)c(C)c(C#N)c2NC(=O)Cn2nnc(-c3ccc(F)c(C)c3)n2)cc1. The van der Waals surface area contributed by atoms with E-state index in [2.05, 4.69) is 26.8 Å². The largest absolute Gasteiger partial charge is 0.497 e. The zero-order valence-electron chi connectivity index (χ0n) is 19.1. The lowest BCUT2D eigenvalue weighted by atomic mass is 10.1. The number of benzene rings is 2. The Hall–Kier alpha value is -4.52. The van der Waals surface area contributed by atoms with Crippen molar-refractivity contribution in [2.45, 2.75) is 27.3 Å². The molecule has 0 saturated carbocycles. The molecule has 0 atom stereocenters. The van der Waals surface area contributed by atoms with Gasteiger partial charge in [-0.1, -0.05) is 0 Å². The Morgan fingerprint density at radius 2 is 1.91 bits per heavy atom. The average Bonchev–Trinajstić information content (AvgIpc) is 3.38. The van der Waals surface area contributed by atoms with Crippen molar-refractivity contribution in [3.8, 4) is 28.9 Å². The average molecular weight is 459 g/mol. The quantitative estimate of drug-likeness (QED) is 0.471. The Kier molecular flexibility index (Phi) is 6.10. The van der Waals surface area contributed by atoms with Gasteiger partial charge >= 0.3 is 0 Å². The monoisotopic (exact) mass is 459 g/mol. The molecular weight excluding hydrogens is 437 g/mol. The van der Waals surface area contributed by atoms with Gasteiger partial charge in [-0.3, -0.25) is 9.36 Å². The molecule has 0 aliphatic rings. The first kappa shape index (κ1) is 22.7. The van der Waals surface area contributed by atoms with Crippen molar-refractivity contribution in [3.05, 3.63) is 70.7 Å². The molecule has 2 heterocycles. The van der Waals surface area contributed by atoms with Crippen LogP contribution in [0.4, 0.5) is 10.2 Å². The highest BCUT2D eigenvalue weighted by molar-refractivity contribution is 5.92. The summed E-state index contributed by atoms with van der Waals surface area (Å²) >= 11 is 0. The van der Waals surface area contributed by atoms with Gasteiger partial charge in [0.05, 0.1) is 12.7 Å². The van der Waals surface area contributed by atoms with E-state index in [1.165, 1.54) is 6.07 Å². The summed E-state index contributed by atoms with van der Waals surface area (Å²) in [5.41, 5.74) is 3.78. The van der Waals surface area contributed by atoms with Crippen molar-refractivity contribution in [2.75, 3.05) is 12.4 Å². The summed E-state index contributed by atoms with van der Waals surface area (Å²) in [5, 5.41) is 24.7. The number of halogens is 1. The predicted octanol–water partition coefficient (Wildman–Crippen LogP) is 3.71. The van der Waals surface area contributed by atoms with E-state index in [9.17, 15) is 14.4 Å². The molecule has 0 saturated heterocycles. The van der Waals surface area contributed by atoms with Crippen LogP contribution in [0.1, 0.15) is 22.4 Å². The number of anilines is 1. The van der Waals surface area contributed by atoms with Crippen molar-refractivity contribution in [1.29, 1.82) is 5.26 Å². The van der Waals surface area contributed by atoms with Crippen LogP contribution in [0.5, 0.6) is 5.75 Å². The van der Waals surface area contributed by atoms with Gasteiger partial charge in [0.25, 0.3) is 0 Å². The standard InChI is InChI=1S/C24H22FN7O2/c1-14-11-17(5-10-21(14)25)23-28-30-31(29-23)13-22(33)27-24-20(12-26)15(2)16(3)32(24)18-6-8-19(34-4)9-7-18/h5-11H,13H2,1-4H3,(H,27,33). The number of rotatable bonds is 6. The van der Waals surface area contributed by atoms with Crippen LogP contribution in [-0.2, 0) is 11.3 Å². The van der Waals surface area contributed by atoms with Crippen molar-refractivity contribution < 1.29 is 13.9 Å². The number of aromatic nitrogens is 5. The summed E-state index contributed by atoms with van der Waals surface area (Å²) in [6.07, 6.45) is 0. The van der Waals surface area contributed by atoms with E-state index >= 15 is 0 Å². The fourth-order valence-electron chi connectivity index (χ4n) is 3.62. The van der Waals surface area contributed by atoms with Gasteiger partial charge in [0.1, 0.15) is 30.0 Å². The van der Waals surface area contributed by atoms with E-state index in [0.717, 1.165) is 21.7 Å². The minimum absolute atomic E-state index is 0.218. The molecule has 172 valence electrons. The molecular formula is C24H22FN7O2. The molecule has 1 N–H and O–H groups in total. The highest BCUT2D eigenvalue weighted by Crippen LogP contribution is 2.30. The normalized spacial score (nSPS) is 10.7. The second kappa shape index (κ2) is 9.15. The minimum atomic E-state index is -0.428. The van der Waals surface area contributed by atoms with Gasteiger partial charge in [-0.05, 0) is 79.6 Å². The molecule has 10 heteroatoms. The number of amides is 1. The van der Waals surface area contributed by atoms with Gasteiger partial charge in [-0.25, -0.2) is 4.39 Å².